The lowest BCUT2D eigenvalue weighted by molar-refractivity contribution is -0.143. The lowest BCUT2D eigenvalue weighted by atomic mass is 9.94. The Labute approximate surface area is 60.0 Å². The largest absolute Gasteiger partial charge is 0.479 e. The van der Waals surface area contributed by atoms with Gasteiger partial charge in [-0.2, -0.15) is 0 Å². The number of hydrogen-bond donors (Lipinski definition) is 1. The van der Waals surface area contributed by atoms with Gasteiger partial charge in [-0.05, 0) is 20.3 Å². The standard InChI is InChI=1S/C7H12O3/c1-4-7(5(8)9)6(2,3)10-7/h4H2,1-3H3,(H,8,9). The fourth-order valence-corrected chi connectivity index (χ4v) is 1.36. The van der Waals surface area contributed by atoms with E-state index in [0.717, 1.165) is 0 Å². The molecule has 58 valence electrons. The summed E-state index contributed by atoms with van der Waals surface area (Å²) in [6.07, 6.45) is 0.537. The third-order valence-corrected chi connectivity index (χ3v) is 2.20. The molecule has 1 atom stereocenters. The van der Waals surface area contributed by atoms with Gasteiger partial charge in [-0.3, -0.25) is 0 Å². The van der Waals surface area contributed by atoms with Gasteiger partial charge in [0.2, 0.25) is 0 Å². The molecule has 1 aliphatic heterocycles. The predicted octanol–water partition coefficient (Wildman–Crippen LogP) is 1.03. The van der Waals surface area contributed by atoms with E-state index in [4.69, 9.17) is 9.84 Å². The van der Waals surface area contributed by atoms with Crippen LogP contribution in [0.2, 0.25) is 0 Å². The second-order valence-corrected chi connectivity index (χ2v) is 3.10. The molecule has 0 saturated carbocycles. The van der Waals surface area contributed by atoms with Crippen LogP contribution < -0.4 is 0 Å². The van der Waals surface area contributed by atoms with E-state index >= 15 is 0 Å². The van der Waals surface area contributed by atoms with Crippen molar-refractivity contribution >= 4 is 5.97 Å². The summed E-state index contributed by atoms with van der Waals surface area (Å²) < 4.78 is 5.10. The zero-order valence-electron chi connectivity index (χ0n) is 6.47. The van der Waals surface area contributed by atoms with Crippen molar-refractivity contribution in [2.45, 2.75) is 38.4 Å². The average Bonchev–Trinajstić information content (AvgIpc) is 2.35. The monoisotopic (exact) mass is 144 g/mol. The van der Waals surface area contributed by atoms with Gasteiger partial charge in [0.25, 0.3) is 0 Å². The van der Waals surface area contributed by atoms with Crippen LogP contribution in [0.4, 0.5) is 0 Å². The second kappa shape index (κ2) is 1.72. The molecule has 0 amide bonds. The van der Waals surface area contributed by atoms with Crippen LogP contribution in [-0.2, 0) is 9.53 Å². The minimum Gasteiger partial charge on any atom is -0.479 e. The number of epoxide rings is 1. The molecule has 0 spiro atoms. The minimum atomic E-state index is -0.896. The molecule has 3 nitrogen and oxygen atoms in total. The Kier molecular flexibility index (Phi) is 1.30. The van der Waals surface area contributed by atoms with Crippen molar-refractivity contribution in [3.8, 4) is 0 Å². The Bertz CT molecular complexity index is 174. The number of carboxylic acid groups (broad SMARTS) is 1. The Morgan fingerprint density at radius 1 is 1.60 bits per heavy atom. The van der Waals surface area contributed by atoms with Gasteiger partial charge in [-0.1, -0.05) is 6.92 Å². The molecule has 1 rings (SSSR count). The Morgan fingerprint density at radius 3 is 2.00 bits per heavy atom. The van der Waals surface area contributed by atoms with Crippen LogP contribution in [0, 0.1) is 0 Å². The molecule has 1 N–H and O–H groups in total. The van der Waals surface area contributed by atoms with Gasteiger partial charge in [0.05, 0.1) is 0 Å². The molecule has 0 aromatic rings. The summed E-state index contributed by atoms with van der Waals surface area (Å²) in [5.41, 5.74) is -1.36. The Balaban J connectivity index is 2.78. The van der Waals surface area contributed by atoms with Crippen LogP contribution in [0.25, 0.3) is 0 Å². The van der Waals surface area contributed by atoms with Crippen molar-refractivity contribution in [1.82, 2.24) is 0 Å². The summed E-state index contributed by atoms with van der Waals surface area (Å²) in [6.45, 7) is 5.41. The van der Waals surface area contributed by atoms with E-state index in [9.17, 15) is 4.79 Å². The number of carbonyl (C=O) groups is 1. The summed E-state index contributed by atoms with van der Waals surface area (Å²) in [7, 11) is 0. The normalized spacial score (nSPS) is 35.5. The van der Waals surface area contributed by atoms with Crippen molar-refractivity contribution in [3.63, 3.8) is 0 Å². The topological polar surface area (TPSA) is 49.8 Å². The van der Waals surface area contributed by atoms with Gasteiger partial charge in [-0.25, -0.2) is 4.79 Å². The van der Waals surface area contributed by atoms with Crippen molar-refractivity contribution in [1.29, 1.82) is 0 Å². The first-order valence-electron chi connectivity index (χ1n) is 3.40. The third-order valence-electron chi connectivity index (χ3n) is 2.20. The van der Waals surface area contributed by atoms with Crippen LogP contribution in [0.3, 0.4) is 0 Å². The molecule has 0 bridgehead atoms. The van der Waals surface area contributed by atoms with Gasteiger partial charge < -0.3 is 9.84 Å². The lowest BCUT2D eigenvalue weighted by Gasteiger charge is -2.04. The van der Waals surface area contributed by atoms with Gasteiger partial charge >= 0.3 is 5.97 Å². The summed E-state index contributed by atoms with van der Waals surface area (Å²) in [4.78, 5) is 10.6. The van der Waals surface area contributed by atoms with E-state index in [1.807, 2.05) is 6.92 Å². The quantitative estimate of drug-likeness (QED) is 0.589. The molecule has 0 radical (unpaired) electrons. The third kappa shape index (κ3) is 0.669. The highest BCUT2D eigenvalue weighted by molar-refractivity contribution is 5.82. The smallest absolute Gasteiger partial charge is 0.339 e. The SMILES string of the molecule is CCC1(C(=O)O)OC1(C)C. The molecule has 3 heteroatoms. The highest BCUT2D eigenvalue weighted by Crippen LogP contribution is 2.49. The van der Waals surface area contributed by atoms with Crippen molar-refractivity contribution in [3.05, 3.63) is 0 Å². The molecule has 1 saturated heterocycles. The maximum atomic E-state index is 10.6. The van der Waals surface area contributed by atoms with Crippen molar-refractivity contribution in [2.75, 3.05) is 0 Å². The second-order valence-electron chi connectivity index (χ2n) is 3.10. The number of carboxylic acids is 1. The zero-order chi connectivity index (χ0) is 7.99. The maximum Gasteiger partial charge on any atom is 0.339 e. The number of hydrogen-bond acceptors (Lipinski definition) is 2. The zero-order valence-corrected chi connectivity index (χ0v) is 6.47. The molecule has 1 fully saturated rings. The summed E-state index contributed by atoms with van der Waals surface area (Å²) >= 11 is 0. The molecule has 10 heavy (non-hydrogen) atoms. The van der Waals surface area contributed by atoms with Crippen molar-refractivity contribution < 1.29 is 14.6 Å². The van der Waals surface area contributed by atoms with Crippen molar-refractivity contribution in [2.24, 2.45) is 0 Å². The van der Waals surface area contributed by atoms with Gasteiger partial charge in [0.1, 0.15) is 5.60 Å². The molecule has 1 unspecified atom stereocenters. The first-order valence-corrected chi connectivity index (χ1v) is 3.40. The number of aliphatic carboxylic acids is 1. The summed E-state index contributed by atoms with van der Waals surface area (Å²) in [5, 5.41) is 8.71. The molecule has 0 aromatic heterocycles. The molecule has 0 aliphatic carbocycles. The van der Waals surface area contributed by atoms with E-state index in [-0.39, 0.29) is 0 Å². The summed E-state index contributed by atoms with van der Waals surface area (Å²) in [5.74, 6) is -0.847. The van der Waals surface area contributed by atoms with E-state index in [1.165, 1.54) is 0 Å². The number of ether oxygens (including phenoxy) is 1. The lowest BCUT2D eigenvalue weighted by Crippen LogP contribution is -2.29. The van der Waals surface area contributed by atoms with E-state index < -0.39 is 17.2 Å². The van der Waals surface area contributed by atoms with E-state index in [2.05, 4.69) is 0 Å². The van der Waals surface area contributed by atoms with E-state index in [1.54, 1.807) is 13.8 Å². The minimum absolute atomic E-state index is 0.465. The fourth-order valence-electron chi connectivity index (χ4n) is 1.36. The molecular formula is C7H12O3. The molecular weight excluding hydrogens is 132 g/mol. The predicted molar refractivity (Wildman–Crippen MR) is 35.8 cm³/mol. The average molecular weight is 144 g/mol. The van der Waals surface area contributed by atoms with Crippen LogP contribution in [0.15, 0.2) is 0 Å². The summed E-state index contributed by atoms with van der Waals surface area (Å²) in [6, 6.07) is 0. The fraction of sp³-hybridized carbons (Fsp3) is 0.857. The molecule has 0 aromatic carbocycles. The first-order chi connectivity index (χ1) is 4.46. The van der Waals surface area contributed by atoms with Gasteiger partial charge in [-0.15, -0.1) is 0 Å². The van der Waals surface area contributed by atoms with E-state index in [0.29, 0.717) is 6.42 Å². The maximum absolute atomic E-state index is 10.6. The van der Waals surface area contributed by atoms with Crippen LogP contribution in [0.1, 0.15) is 27.2 Å². The van der Waals surface area contributed by atoms with Crippen LogP contribution in [0.5, 0.6) is 0 Å². The Hall–Kier alpha value is -0.570. The highest BCUT2D eigenvalue weighted by atomic mass is 16.6. The molecule has 1 heterocycles. The first kappa shape index (κ1) is 7.54. The Morgan fingerprint density at radius 2 is 2.00 bits per heavy atom. The van der Waals surface area contributed by atoms with Crippen LogP contribution >= 0.6 is 0 Å². The highest BCUT2D eigenvalue weighted by Gasteiger charge is 2.68. The van der Waals surface area contributed by atoms with Crippen LogP contribution in [-0.4, -0.2) is 22.3 Å². The van der Waals surface area contributed by atoms with Gasteiger partial charge in [0, 0.05) is 0 Å². The number of rotatable bonds is 2. The van der Waals surface area contributed by atoms with Gasteiger partial charge in [0.15, 0.2) is 5.60 Å². The molecule has 1 aliphatic rings.